The number of aromatic nitrogens is 2. The van der Waals surface area contributed by atoms with Crippen molar-refractivity contribution in [2.45, 2.75) is 19.4 Å². The molecule has 1 amide bonds. The molecular weight excluding hydrogens is 312 g/mol. The first-order chi connectivity index (χ1) is 9.58. The topological polar surface area (TPSA) is 90.1 Å². The summed E-state index contributed by atoms with van der Waals surface area (Å²) >= 11 is 1.34. The number of benzene rings is 1. The molecule has 114 valence electrons. The lowest BCUT2D eigenvalue weighted by molar-refractivity contribution is -0.117. The van der Waals surface area contributed by atoms with E-state index in [0.717, 1.165) is 16.3 Å². The first-order valence-electron chi connectivity index (χ1n) is 6.10. The van der Waals surface area contributed by atoms with Crippen LogP contribution in [0.2, 0.25) is 0 Å². The highest BCUT2D eigenvalue weighted by Crippen LogP contribution is 2.20. The highest BCUT2D eigenvalue weighted by atomic mass is 35.5. The largest absolute Gasteiger partial charge is 0.497 e. The molecule has 0 unspecified atom stereocenters. The molecule has 2 aromatic rings. The lowest BCUT2D eigenvalue weighted by Crippen LogP contribution is -2.32. The molecule has 0 saturated heterocycles. The molecule has 0 aliphatic rings. The van der Waals surface area contributed by atoms with Crippen LogP contribution in [0, 0.1) is 0 Å². The Bertz CT molecular complexity index is 603. The number of carbonyl (C=O) groups excluding carboxylic acids is 1. The number of nitrogens with zero attached hydrogens (tertiary/aromatic N) is 2. The number of carbonyl (C=O) groups is 1. The lowest BCUT2D eigenvalue weighted by Gasteiger charge is -2.03. The smallest absolute Gasteiger partial charge is 0.242 e. The third-order valence-corrected chi connectivity index (χ3v) is 3.44. The fourth-order valence-corrected chi connectivity index (χ4v) is 2.33. The van der Waals surface area contributed by atoms with Gasteiger partial charge in [0.15, 0.2) is 0 Å². The highest BCUT2D eigenvalue weighted by molar-refractivity contribution is 7.15. The number of hydrogen-bond donors (Lipinski definition) is 2. The molecule has 1 aromatic heterocycles. The van der Waals surface area contributed by atoms with Gasteiger partial charge in [-0.05, 0) is 24.6 Å². The van der Waals surface area contributed by atoms with Crippen molar-refractivity contribution >= 4 is 34.8 Å². The number of ether oxygens (including phenoxy) is 1. The molecule has 3 N–H and O–H groups in total. The normalized spacial score (nSPS) is 11.4. The van der Waals surface area contributed by atoms with E-state index in [1.54, 1.807) is 14.0 Å². The fraction of sp³-hybridized carbons (Fsp3) is 0.308. The first-order valence-corrected chi connectivity index (χ1v) is 6.92. The van der Waals surface area contributed by atoms with Crippen LogP contribution in [0.4, 0.5) is 5.13 Å². The van der Waals surface area contributed by atoms with Crippen molar-refractivity contribution in [1.82, 2.24) is 10.2 Å². The third-order valence-electron chi connectivity index (χ3n) is 2.60. The second-order valence-electron chi connectivity index (χ2n) is 4.31. The van der Waals surface area contributed by atoms with E-state index in [-0.39, 0.29) is 18.3 Å². The summed E-state index contributed by atoms with van der Waals surface area (Å²) in [5.74, 6) is 0.534. The van der Waals surface area contributed by atoms with E-state index in [9.17, 15) is 4.79 Å². The van der Waals surface area contributed by atoms with E-state index < -0.39 is 6.04 Å². The molecule has 0 spiro atoms. The number of amides is 1. The molecule has 0 fully saturated rings. The summed E-state index contributed by atoms with van der Waals surface area (Å²) in [6.45, 7) is 1.62. The van der Waals surface area contributed by atoms with Gasteiger partial charge in [-0.15, -0.1) is 22.6 Å². The second-order valence-corrected chi connectivity index (χ2v) is 5.37. The van der Waals surface area contributed by atoms with Crippen LogP contribution < -0.4 is 15.8 Å². The monoisotopic (exact) mass is 328 g/mol. The number of rotatable bonds is 5. The van der Waals surface area contributed by atoms with Crippen molar-refractivity contribution in [1.29, 1.82) is 0 Å². The minimum absolute atomic E-state index is 0. The Morgan fingerprint density at radius 3 is 2.90 bits per heavy atom. The number of halogens is 1. The second kappa shape index (κ2) is 7.92. The van der Waals surface area contributed by atoms with Crippen molar-refractivity contribution < 1.29 is 9.53 Å². The molecule has 0 saturated carbocycles. The number of methoxy groups -OCH3 is 1. The first kappa shape index (κ1) is 17.4. The molecular formula is C13H17ClN4O2S. The van der Waals surface area contributed by atoms with Gasteiger partial charge in [-0.1, -0.05) is 23.5 Å². The van der Waals surface area contributed by atoms with Gasteiger partial charge in [-0.2, -0.15) is 0 Å². The van der Waals surface area contributed by atoms with Crippen LogP contribution >= 0.6 is 23.7 Å². The predicted octanol–water partition coefficient (Wildman–Crippen LogP) is 1.84. The van der Waals surface area contributed by atoms with Gasteiger partial charge in [0.05, 0.1) is 13.2 Å². The van der Waals surface area contributed by atoms with Gasteiger partial charge in [-0.25, -0.2) is 0 Å². The van der Waals surface area contributed by atoms with Gasteiger partial charge in [0, 0.05) is 6.42 Å². The van der Waals surface area contributed by atoms with Crippen LogP contribution in [0.5, 0.6) is 5.75 Å². The van der Waals surface area contributed by atoms with E-state index in [0.29, 0.717) is 11.6 Å². The van der Waals surface area contributed by atoms with Gasteiger partial charge in [0.25, 0.3) is 0 Å². The number of nitrogens with one attached hydrogen (secondary N) is 1. The van der Waals surface area contributed by atoms with E-state index in [1.165, 1.54) is 11.3 Å². The standard InChI is InChI=1S/C13H16N4O2S.ClH/c1-8(14)12(18)15-13-17-16-11(20-13)7-9-4-3-5-10(6-9)19-2;/h3-6,8H,7,14H2,1-2H3,(H,15,17,18);1H/t8-;/m0./s1. The van der Waals surface area contributed by atoms with Crippen molar-refractivity contribution in [2.75, 3.05) is 12.4 Å². The van der Waals surface area contributed by atoms with E-state index in [2.05, 4.69) is 15.5 Å². The maximum absolute atomic E-state index is 11.4. The molecule has 0 aliphatic heterocycles. The molecule has 0 bridgehead atoms. The van der Waals surface area contributed by atoms with Crippen LogP contribution in [0.3, 0.4) is 0 Å². The Morgan fingerprint density at radius 1 is 1.48 bits per heavy atom. The molecule has 8 heteroatoms. The molecule has 0 radical (unpaired) electrons. The summed E-state index contributed by atoms with van der Waals surface area (Å²) in [4.78, 5) is 11.4. The zero-order valence-electron chi connectivity index (χ0n) is 11.7. The highest BCUT2D eigenvalue weighted by Gasteiger charge is 2.11. The van der Waals surface area contributed by atoms with Gasteiger partial charge in [0.2, 0.25) is 11.0 Å². The summed E-state index contributed by atoms with van der Waals surface area (Å²) < 4.78 is 5.17. The van der Waals surface area contributed by atoms with Gasteiger partial charge in [0.1, 0.15) is 10.8 Å². The zero-order valence-corrected chi connectivity index (χ0v) is 13.3. The molecule has 0 aliphatic carbocycles. The van der Waals surface area contributed by atoms with Crippen molar-refractivity contribution in [3.8, 4) is 5.75 Å². The van der Waals surface area contributed by atoms with Crippen molar-refractivity contribution in [3.05, 3.63) is 34.8 Å². The summed E-state index contributed by atoms with van der Waals surface area (Å²) in [7, 11) is 1.63. The zero-order chi connectivity index (χ0) is 14.5. The Hall–Kier alpha value is -1.70. The van der Waals surface area contributed by atoms with Crippen LogP contribution in [-0.2, 0) is 11.2 Å². The van der Waals surface area contributed by atoms with Crippen molar-refractivity contribution in [3.63, 3.8) is 0 Å². The molecule has 1 atom stereocenters. The predicted molar refractivity (Wildman–Crippen MR) is 85.2 cm³/mol. The molecule has 6 nitrogen and oxygen atoms in total. The molecule has 1 heterocycles. The van der Waals surface area contributed by atoms with Crippen LogP contribution in [0.1, 0.15) is 17.5 Å². The quantitative estimate of drug-likeness (QED) is 0.874. The molecule has 2 rings (SSSR count). The summed E-state index contributed by atoms with van der Waals surface area (Å²) in [6, 6.07) is 7.18. The Labute approximate surface area is 133 Å². The average Bonchev–Trinajstić information content (AvgIpc) is 2.86. The van der Waals surface area contributed by atoms with E-state index >= 15 is 0 Å². The van der Waals surface area contributed by atoms with Crippen LogP contribution in [-0.4, -0.2) is 29.3 Å². The summed E-state index contributed by atoms with van der Waals surface area (Å²) in [5.41, 5.74) is 6.55. The van der Waals surface area contributed by atoms with Gasteiger partial charge >= 0.3 is 0 Å². The van der Waals surface area contributed by atoms with Crippen LogP contribution in [0.15, 0.2) is 24.3 Å². The average molecular weight is 329 g/mol. The minimum Gasteiger partial charge on any atom is -0.497 e. The fourth-order valence-electron chi connectivity index (χ4n) is 1.55. The Kier molecular flexibility index (Phi) is 6.54. The Morgan fingerprint density at radius 2 is 2.24 bits per heavy atom. The maximum atomic E-state index is 11.4. The van der Waals surface area contributed by atoms with Gasteiger partial charge < -0.3 is 10.5 Å². The van der Waals surface area contributed by atoms with Gasteiger partial charge in [-0.3, -0.25) is 10.1 Å². The Balaban J connectivity index is 0.00000220. The van der Waals surface area contributed by atoms with E-state index in [4.69, 9.17) is 10.5 Å². The van der Waals surface area contributed by atoms with Crippen molar-refractivity contribution in [2.24, 2.45) is 5.73 Å². The molecule has 1 aromatic carbocycles. The minimum atomic E-state index is -0.569. The maximum Gasteiger partial charge on any atom is 0.242 e. The number of anilines is 1. The lowest BCUT2D eigenvalue weighted by atomic mass is 10.1. The van der Waals surface area contributed by atoms with Crippen LogP contribution in [0.25, 0.3) is 0 Å². The SMILES string of the molecule is COc1cccc(Cc2nnc(NC(=O)[C@H](C)N)s2)c1.Cl. The molecule has 21 heavy (non-hydrogen) atoms. The third kappa shape index (κ3) is 4.96. The number of nitrogens with two attached hydrogens (primary N) is 1. The summed E-state index contributed by atoms with van der Waals surface area (Å²) in [5, 5.41) is 11.9. The van der Waals surface area contributed by atoms with E-state index in [1.807, 2.05) is 24.3 Å². The number of hydrogen-bond acceptors (Lipinski definition) is 6. The summed E-state index contributed by atoms with van der Waals surface area (Å²) in [6.07, 6.45) is 0.642.